The first-order valence-corrected chi connectivity index (χ1v) is 7.52. The second-order valence-corrected chi connectivity index (χ2v) is 5.53. The van der Waals surface area contributed by atoms with Gasteiger partial charge in [0, 0.05) is 13.1 Å². The Balaban J connectivity index is 2.33. The number of hydrogen-bond donors (Lipinski definition) is 4. The van der Waals surface area contributed by atoms with Gasteiger partial charge in [0.15, 0.2) is 0 Å². The lowest BCUT2D eigenvalue weighted by molar-refractivity contribution is -0.150. The molecule has 1 aliphatic carbocycles. The van der Waals surface area contributed by atoms with Crippen molar-refractivity contribution < 1.29 is 19.5 Å². The summed E-state index contributed by atoms with van der Waals surface area (Å²) in [5.41, 5.74) is -0.861. The zero-order valence-electron chi connectivity index (χ0n) is 12.5. The Hall–Kier alpha value is -1.79. The van der Waals surface area contributed by atoms with Gasteiger partial charge in [0.2, 0.25) is 5.91 Å². The lowest BCUT2D eigenvalue weighted by Crippen LogP contribution is -2.48. The van der Waals surface area contributed by atoms with Gasteiger partial charge in [-0.05, 0) is 19.3 Å². The molecule has 0 aliphatic heterocycles. The van der Waals surface area contributed by atoms with Crippen molar-refractivity contribution in [1.29, 1.82) is 0 Å². The zero-order valence-corrected chi connectivity index (χ0v) is 12.5. The standard InChI is InChI=1S/C14H25N3O4/c1-2-8-15-11(18)9-16-13(21)17-10-14(12(19)20)6-4-3-5-7-14/h2-10H2,1H3,(H,15,18)(H,19,20)(H2,16,17,21). The van der Waals surface area contributed by atoms with Crippen molar-refractivity contribution in [2.45, 2.75) is 45.4 Å². The van der Waals surface area contributed by atoms with E-state index in [0.717, 1.165) is 25.7 Å². The summed E-state index contributed by atoms with van der Waals surface area (Å²) in [4.78, 5) is 34.4. The fraction of sp³-hybridized carbons (Fsp3) is 0.786. The smallest absolute Gasteiger partial charge is 0.315 e. The molecule has 0 atom stereocenters. The molecule has 0 heterocycles. The first kappa shape index (κ1) is 17.3. The predicted octanol–water partition coefficient (Wildman–Crippen LogP) is 0.847. The topological polar surface area (TPSA) is 108 Å². The third-order valence-corrected chi connectivity index (χ3v) is 3.83. The Morgan fingerprint density at radius 2 is 1.71 bits per heavy atom. The van der Waals surface area contributed by atoms with Crippen LogP contribution in [0.25, 0.3) is 0 Å². The monoisotopic (exact) mass is 299 g/mol. The minimum Gasteiger partial charge on any atom is -0.481 e. The van der Waals surface area contributed by atoms with E-state index in [4.69, 9.17) is 0 Å². The van der Waals surface area contributed by atoms with Gasteiger partial charge in [0.05, 0.1) is 12.0 Å². The molecule has 7 nitrogen and oxygen atoms in total. The lowest BCUT2D eigenvalue weighted by atomic mass is 9.74. The van der Waals surface area contributed by atoms with Crippen LogP contribution in [0.5, 0.6) is 0 Å². The third kappa shape index (κ3) is 5.61. The highest BCUT2D eigenvalue weighted by molar-refractivity contribution is 5.84. The molecule has 0 radical (unpaired) electrons. The number of rotatable bonds is 7. The highest BCUT2D eigenvalue weighted by Crippen LogP contribution is 2.35. The van der Waals surface area contributed by atoms with Crippen LogP contribution in [0.3, 0.4) is 0 Å². The van der Waals surface area contributed by atoms with Crippen molar-refractivity contribution in [3.8, 4) is 0 Å². The first-order valence-electron chi connectivity index (χ1n) is 7.52. The first-order chi connectivity index (χ1) is 10.00. The molecule has 7 heteroatoms. The third-order valence-electron chi connectivity index (χ3n) is 3.83. The van der Waals surface area contributed by atoms with Crippen LogP contribution >= 0.6 is 0 Å². The van der Waals surface area contributed by atoms with Crippen LogP contribution in [0, 0.1) is 5.41 Å². The SMILES string of the molecule is CCCNC(=O)CNC(=O)NCC1(C(=O)O)CCCCC1. The summed E-state index contributed by atoms with van der Waals surface area (Å²) >= 11 is 0. The molecule has 3 amide bonds. The number of carboxylic acids is 1. The normalized spacial score (nSPS) is 16.8. The Kier molecular flexibility index (Phi) is 6.98. The molecule has 4 N–H and O–H groups in total. The fourth-order valence-electron chi connectivity index (χ4n) is 2.49. The van der Waals surface area contributed by atoms with Crippen LogP contribution in [0.1, 0.15) is 45.4 Å². The van der Waals surface area contributed by atoms with Gasteiger partial charge in [-0.1, -0.05) is 26.2 Å². The van der Waals surface area contributed by atoms with Gasteiger partial charge in [-0.15, -0.1) is 0 Å². The predicted molar refractivity (Wildman–Crippen MR) is 77.9 cm³/mol. The molecule has 0 unspecified atom stereocenters. The van der Waals surface area contributed by atoms with E-state index in [2.05, 4.69) is 16.0 Å². The molecule has 0 spiro atoms. The second-order valence-electron chi connectivity index (χ2n) is 5.53. The zero-order chi connectivity index (χ0) is 15.7. The molecule has 0 aromatic rings. The van der Waals surface area contributed by atoms with Gasteiger partial charge >= 0.3 is 12.0 Å². The molecular weight excluding hydrogens is 274 g/mol. The Morgan fingerprint density at radius 3 is 2.29 bits per heavy atom. The van der Waals surface area contributed by atoms with Crippen LogP contribution < -0.4 is 16.0 Å². The van der Waals surface area contributed by atoms with E-state index < -0.39 is 17.4 Å². The van der Waals surface area contributed by atoms with Gasteiger partial charge in [-0.2, -0.15) is 0 Å². The number of amides is 3. The number of hydrogen-bond acceptors (Lipinski definition) is 3. The maximum Gasteiger partial charge on any atom is 0.315 e. The van der Waals surface area contributed by atoms with Crippen LogP contribution in [0.4, 0.5) is 4.79 Å². The number of aliphatic carboxylic acids is 1. The highest BCUT2D eigenvalue weighted by Gasteiger charge is 2.39. The highest BCUT2D eigenvalue weighted by atomic mass is 16.4. The van der Waals surface area contributed by atoms with Crippen molar-refractivity contribution in [1.82, 2.24) is 16.0 Å². The fourth-order valence-corrected chi connectivity index (χ4v) is 2.49. The largest absolute Gasteiger partial charge is 0.481 e. The van der Waals surface area contributed by atoms with E-state index in [9.17, 15) is 19.5 Å². The number of urea groups is 1. The van der Waals surface area contributed by atoms with Crippen LogP contribution in [0.2, 0.25) is 0 Å². The maximum atomic E-state index is 11.6. The van der Waals surface area contributed by atoms with Crippen molar-refractivity contribution in [3.63, 3.8) is 0 Å². The molecule has 120 valence electrons. The summed E-state index contributed by atoms with van der Waals surface area (Å²) in [6.07, 6.45) is 4.78. The molecule has 1 saturated carbocycles. The van der Waals surface area contributed by atoms with Gasteiger partial charge in [0.25, 0.3) is 0 Å². The van der Waals surface area contributed by atoms with Crippen LogP contribution in [-0.4, -0.2) is 42.6 Å². The van der Waals surface area contributed by atoms with Gasteiger partial charge in [-0.25, -0.2) is 4.79 Å². The van der Waals surface area contributed by atoms with Gasteiger partial charge in [-0.3, -0.25) is 9.59 Å². The summed E-state index contributed by atoms with van der Waals surface area (Å²) in [5.74, 6) is -1.11. The Morgan fingerprint density at radius 1 is 1.05 bits per heavy atom. The van der Waals surface area contributed by atoms with Crippen LogP contribution in [0.15, 0.2) is 0 Å². The summed E-state index contributed by atoms with van der Waals surface area (Å²) in [6, 6.07) is -0.507. The number of carboxylic acid groups (broad SMARTS) is 1. The molecule has 1 aliphatic rings. The molecule has 0 aromatic heterocycles. The average molecular weight is 299 g/mol. The van der Waals surface area contributed by atoms with Gasteiger partial charge < -0.3 is 21.1 Å². The van der Waals surface area contributed by atoms with Crippen LogP contribution in [-0.2, 0) is 9.59 Å². The lowest BCUT2D eigenvalue weighted by Gasteiger charge is -2.33. The minimum absolute atomic E-state index is 0.102. The molecular formula is C14H25N3O4. The average Bonchev–Trinajstić information content (AvgIpc) is 2.49. The maximum absolute atomic E-state index is 11.6. The van der Waals surface area contributed by atoms with Gasteiger partial charge in [0.1, 0.15) is 0 Å². The van der Waals surface area contributed by atoms with Crippen molar-refractivity contribution >= 4 is 17.9 Å². The summed E-state index contributed by atoms with van der Waals surface area (Å²) in [6.45, 7) is 2.51. The van der Waals surface area contributed by atoms with Crippen molar-refractivity contribution in [3.05, 3.63) is 0 Å². The summed E-state index contributed by atoms with van der Waals surface area (Å²) in [5, 5.41) is 17.0. The van der Waals surface area contributed by atoms with E-state index in [1.807, 2.05) is 6.92 Å². The summed E-state index contributed by atoms with van der Waals surface area (Å²) < 4.78 is 0. The van der Waals surface area contributed by atoms with Crippen molar-refractivity contribution in [2.75, 3.05) is 19.6 Å². The van der Waals surface area contributed by atoms with Crippen molar-refractivity contribution in [2.24, 2.45) is 5.41 Å². The molecule has 1 rings (SSSR count). The quantitative estimate of drug-likeness (QED) is 0.559. The number of carbonyl (C=O) groups excluding carboxylic acids is 2. The Bertz CT molecular complexity index is 378. The summed E-state index contributed by atoms with van der Waals surface area (Å²) in [7, 11) is 0. The molecule has 0 bridgehead atoms. The molecule has 1 fully saturated rings. The molecule has 0 aromatic carbocycles. The van der Waals surface area contributed by atoms with E-state index >= 15 is 0 Å². The number of nitrogens with one attached hydrogen (secondary N) is 3. The molecule has 21 heavy (non-hydrogen) atoms. The van der Waals surface area contributed by atoms with E-state index in [-0.39, 0.29) is 19.0 Å². The van der Waals surface area contributed by atoms with E-state index in [1.54, 1.807) is 0 Å². The number of carbonyl (C=O) groups is 3. The second kappa shape index (κ2) is 8.49. The minimum atomic E-state index is -0.861. The van der Waals surface area contributed by atoms with E-state index in [0.29, 0.717) is 19.4 Å². The molecule has 0 saturated heterocycles. The Labute approximate surface area is 124 Å². The van der Waals surface area contributed by atoms with E-state index in [1.165, 1.54) is 0 Å².